The predicted octanol–water partition coefficient (Wildman–Crippen LogP) is 3.57. The van der Waals surface area contributed by atoms with Crippen LogP contribution in [-0.4, -0.2) is 9.55 Å². The number of hydrogen-bond acceptors (Lipinski definition) is 2. The molecule has 86 valence electrons. The molecule has 0 atom stereocenters. The molecule has 0 amide bonds. The molecule has 4 nitrogen and oxygen atoms in total. The van der Waals surface area contributed by atoms with E-state index in [0.717, 1.165) is 17.6 Å². The van der Waals surface area contributed by atoms with Gasteiger partial charge in [-0.1, -0.05) is 30.3 Å². The van der Waals surface area contributed by atoms with Crippen molar-refractivity contribution in [3.05, 3.63) is 65.4 Å². The van der Waals surface area contributed by atoms with Crippen molar-refractivity contribution in [2.45, 2.75) is 6.54 Å². The van der Waals surface area contributed by atoms with E-state index in [-0.39, 0.29) is 0 Å². The van der Waals surface area contributed by atoms with E-state index in [9.17, 15) is 0 Å². The largest absolute Gasteiger partial charge is 0.387 e. The summed E-state index contributed by atoms with van der Waals surface area (Å²) < 4.78 is 2.08. The third-order valence-electron chi connectivity index (χ3n) is 2.92. The molecule has 1 heterocycles. The quantitative estimate of drug-likeness (QED) is 0.637. The Morgan fingerprint density at radius 1 is 1.11 bits per heavy atom. The summed E-state index contributed by atoms with van der Waals surface area (Å²) in [5.74, 6) is 0. The van der Waals surface area contributed by atoms with Crippen LogP contribution in [0.1, 0.15) is 5.56 Å². The maximum absolute atomic E-state index is 8.73. The zero-order chi connectivity index (χ0) is 12.4. The van der Waals surface area contributed by atoms with E-state index in [0.29, 0.717) is 5.69 Å². The number of diazo groups is 1. The van der Waals surface area contributed by atoms with Gasteiger partial charge in [0, 0.05) is 12.6 Å². The highest BCUT2D eigenvalue weighted by molar-refractivity contribution is 5.79. The Kier molecular flexibility index (Phi) is 2.50. The number of rotatable bonds is 2. The van der Waals surface area contributed by atoms with E-state index in [1.807, 2.05) is 24.3 Å². The van der Waals surface area contributed by atoms with E-state index in [1.165, 1.54) is 5.56 Å². The van der Waals surface area contributed by atoms with Crippen LogP contribution in [0.2, 0.25) is 0 Å². The summed E-state index contributed by atoms with van der Waals surface area (Å²) in [6, 6.07) is 15.7. The monoisotopic (exact) mass is 235 g/mol. The number of imidazole rings is 1. The van der Waals surface area contributed by atoms with E-state index in [2.05, 4.69) is 26.7 Å². The molecular weight excluding hydrogens is 224 g/mol. The summed E-state index contributed by atoms with van der Waals surface area (Å²) in [5, 5.41) is 8.73. The lowest BCUT2D eigenvalue weighted by Gasteiger charge is -2.03. The molecule has 0 fully saturated rings. The SMILES string of the molecule is N#[N+]c1ccc2c(c1)ncn2Cc1ccccc1. The van der Waals surface area contributed by atoms with Crippen LogP contribution >= 0.6 is 0 Å². The summed E-state index contributed by atoms with van der Waals surface area (Å²) in [5.41, 5.74) is 3.62. The average Bonchev–Trinajstić information content (AvgIpc) is 2.82. The van der Waals surface area contributed by atoms with Gasteiger partial charge >= 0.3 is 5.69 Å². The van der Waals surface area contributed by atoms with Crippen molar-refractivity contribution in [2.75, 3.05) is 0 Å². The number of benzene rings is 2. The summed E-state index contributed by atoms with van der Waals surface area (Å²) in [7, 11) is 0. The van der Waals surface area contributed by atoms with Crippen molar-refractivity contribution < 1.29 is 0 Å². The zero-order valence-corrected chi connectivity index (χ0v) is 9.69. The first-order valence-electron chi connectivity index (χ1n) is 5.71. The molecule has 1 aromatic heterocycles. The second kappa shape index (κ2) is 4.30. The molecule has 0 unspecified atom stereocenters. The molecule has 0 aliphatic heterocycles. The van der Waals surface area contributed by atoms with Crippen LogP contribution in [0.15, 0.2) is 54.9 Å². The second-order valence-corrected chi connectivity index (χ2v) is 4.13. The Balaban J connectivity index is 2.01. The molecule has 0 radical (unpaired) electrons. The first-order chi connectivity index (χ1) is 8.86. The minimum atomic E-state index is 0.521. The van der Waals surface area contributed by atoms with Crippen LogP contribution in [0, 0.1) is 5.39 Å². The van der Waals surface area contributed by atoms with Gasteiger partial charge in [-0.2, -0.15) is 0 Å². The highest BCUT2D eigenvalue weighted by Crippen LogP contribution is 2.20. The van der Waals surface area contributed by atoms with Crippen LogP contribution in [0.5, 0.6) is 0 Å². The fourth-order valence-corrected chi connectivity index (χ4v) is 2.02. The van der Waals surface area contributed by atoms with E-state index < -0.39 is 0 Å². The summed E-state index contributed by atoms with van der Waals surface area (Å²) in [4.78, 5) is 7.48. The highest BCUT2D eigenvalue weighted by atomic mass is 15.0. The van der Waals surface area contributed by atoms with Crippen molar-refractivity contribution >= 4 is 16.7 Å². The van der Waals surface area contributed by atoms with E-state index in [1.54, 1.807) is 18.5 Å². The van der Waals surface area contributed by atoms with Crippen LogP contribution in [0.3, 0.4) is 0 Å². The predicted molar refractivity (Wildman–Crippen MR) is 70.0 cm³/mol. The standard InChI is InChI=1S/C14H11N4/c15-17-12-6-7-14-13(8-12)16-10-18(14)9-11-4-2-1-3-5-11/h1-8,10H,9H2/q+1. The molecular formula is C14H11N4+. The first-order valence-corrected chi connectivity index (χ1v) is 5.71. The lowest BCUT2D eigenvalue weighted by Crippen LogP contribution is -1.97. The summed E-state index contributed by atoms with van der Waals surface area (Å²) in [6.45, 7) is 0.785. The lowest BCUT2D eigenvalue weighted by atomic mass is 10.2. The second-order valence-electron chi connectivity index (χ2n) is 4.13. The average molecular weight is 235 g/mol. The van der Waals surface area contributed by atoms with Crippen molar-refractivity contribution in [3.8, 4) is 0 Å². The first kappa shape index (κ1) is 10.5. The van der Waals surface area contributed by atoms with Crippen molar-refractivity contribution in [1.82, 2.24) is 9.55 Å². The molecule has 0 N–H and O–H groups in total. The number of nitrogens with zero attached hydrogens (tertiary/aromatic N) is 4. The van der Waals surface area contributed by atoms with Crippen LogP contribution < -0.4 is 0 Å². The van der Waals surface area contributed by atoms with E-state index in [4.69, 9.17) is 5.39 Å². The van der Waals surface area contributed by atoms with Gasteiger partial charge in [-0.15, -0.1) is 0 Å². The smallest absolute Gasteiger partial charge is 0.326 e. The summed E-state index contributed by atoms with van der Waals surface area (Å²) in [6.07, 6.45) is 1.80. The molecule has 0 spiro atoms. The third kappa shape index (κ3) is 1.82. The Morgan fingerprint density at radius 3 is 2.72 bits per heavy atom. The summed E-state index contributed by atoms with van der Waals surface area (Å²) >= 11 is 0. The Labute approximate surface area is 104 Å². The minimum absolute atomic E-state index is 0.521. The fourth-order valence-electron chi connectivity index (χ4n) is 2.02. The van der Waals surface area contributed by atoms with Crippen molar-refractivity contribution in [2.24, 2.45) is 0 Å². The number of aromatic nitrogens is 2. The van der Waals surface area contributed by atoms with Crippen molar-refractivity contribution in [3.63, 3.8) is 0 Å². The van der Waals surface area contributed by atoms with Gasteiger partial charge in [0.15, 0.2) is 4.98 Å². The molecule has 4 heteroatoms. The van der Waals surface area contributed by atoms with Crippen LogP contribution in [0.25, 0.3) is 16.0 Å². The Morgan fingerprint density at radius 2 is 1.94 bits per heavy atom. The van der Waals surface area contributed by atoms with Gasteiger partial charge < -0.3 is 4.57 Å². The maximum atomic E-state index is 8.73. The Bertz CT molecular complexity index is 722. The third-order valence-corrected chi connectivity index (χ3v) is 2.92. The van der Waals surface area contributed by atoms with Gasteiger partial charge in [0.25, 0.3) is 0 Å². The molecule has 2 aromatic carbocycles. The van der Waals surface area contributed by atoms with Crippen molar-refractivity contribution in [1.29, 1.82) is 5.39 Å². The normalized spacial score (nSPS) is 10.4. The fraction of sp³-hybridized carbons (Fsp3) is 0.0714. The lowest BCUT2D eigenvalue weighted by molar-refractivity contribution is 0.824. The zero-order valence-electron chi connectivity index (χ0n) is 9.69. The molecule has 3 aromatic rings. The van der Waals surface area contributed by atoms with Crippen LogP contribution in [0.4, 0.5) is 5.69 Å². The van der Waals surface area contributed by atoms with Gasteiger partial charge in [0.2, 0.25) is 5.39 Å². The number of hydrogen-bond donors (Lipinski definition) is 0. The van der Waals surface area contributed by atoms with Gasteiger partial charge in [0.05, 0.1) is 23.4 Å². The molecule has 18 heavy (non-hydrogen) atoms. The topological polar surface area (TPSA) is 46.0 Å². The molecule has 0 bridgehead atoms. The van der Waals surface area contributed by atoms with Gasteiger partial charge in [0.1, 0.15) is 0 Å². The molecule has 3 rings (SSSR count). The number of fused-ring (bicyclic) bond motifs is 1. The minimum Gasteiger partial charge on any atom is -0.326 e. The van der Waals surface area contributed by atoms with Gasteiger partial charge in [-0.3, -0.25) is 0 Å². The van der Waals surface area contributed by atoms with Crippen LogP contribution in [-0.2, 0) is 6.54 Å². The molecule has 0 aliphatic carbocycles. The Hall–Kier alpha value is -2.67. The molecule has 0 saturated heterocycles. The van der Waals surface area contributed by atoms with Gasteiger partial charge in [-0.05, 0) is 11.6 Å². The highest BCUT2D eigenvalue weighted by Gasteiger charge is 2.09. The van der Waals surface area contributed by atoms with E-state index >= 15 is 0 Å². The van der Waals surface area contributed by atoms with Gasteiger partial charge in [-0.25, -0.2) is 4.98 Å². The molecule has 0 aliphatic rings. The maximum Gasteiger partial charge on any atom is 0.387 e. The molecule has 0 saturated carbocycles.